The molecule has 0 unspecified atom stereocenters. The van der Waals surface area contributed by atoms with Gasteiger partial charge in [0.05, 0.1) is 11.4 Å². The molecule has 0 spiro atoms. The van der Waals surface area contributed by atoms with Gasteiger partial charge in [-0.15, -0.1) is 0 Å². The average molecular weight is 407 g/mol. The van der Waals surface area contributed by atoms with E-state index in [-0.39, 0.29) is 0 Å². The molecule has 1 aliphatic rings. The number of fused-ring (bicyclic) bond motifs is 1. The molecule has 0 saturated heterocycles. The van der Waals surface area contributed by atoms with Crippen molar-refractivity contribution in [3.63, 3.8) is 0 Å². The molecule has 2 N–H and O–H groups in total. The van der Waals surface area contributed by atoms with Crippen LogP contribution in [0.15, 0.2) is 54.6 Å². The van der Waals surface area contributed by atoms with Gasteiger partial charge in [0.25, 0.3) is 0 Å². The molecule has 0 saturated carbocycles. The van der Waals surface area contributed by atoms with E-state index < -0.39 is 11.8 Å². The maximum atomic E-state index is 12.5. The Morgan fingerprint density at radius 2 is 1.79 bits per heavy atom. The molecule has 0 radical (unpaired) electrons. The lowest BCUT2D eigenvalue weighted by atomic mass is 10.1. The van der Waals surface area contributed by atoms with E-state index in [4.69, 9.17) is 0 Å². The van der Waals surface area contributed by atoms with Crippen LogP contribution < -0.4 is 10.6 Å². The molecule has 2 amide bonds. The lowest BCUT2D eigenvalue weighted by molar-refractivity contribution is -0.136. The molecular formula is C22H22N4O2S. The summed E-state index contributed by atoms with van der Waals surface area (Å²) in [5.74, 6) is 0.840. The highest BCUT2D eigenvalue weighted by molar-refractivity contribution is 7.98. The summed E-state index contributed by atoms with van der Waals surface area (Å²) >= 11 is 1.75. The Balaban J connectivity index is 1.46. The van der Waals surface area contributed by atoms with Crippen molar-refractivity contribution in [2.24, 2.45) is 0 Å². The second-order valence-electron chi connectivity index (χ2n) is 6.96. The fraction of sp³-hybridized carbons (Fsp3) is 0.227. The maximum Gasteiger partial charge on any atom is 0.314 e. The van der Waals surface area contributed by atoms with Crippen LogP contribution in [0, 0.1) is 6.92 Å². The van der Waals surface area contributed by atoms with E-state index in [2.05, 4.69) is 15.7 Å². The molecule has 4 rings (SSSR count). The number of thioether (sulfide) groups is 1. The molecule has 0 bridgehead atoms. The van der Waals surface area contributed by atoms with Gasteiger partial charge in [-0.2, -0.15) is 16.9 Å². The number of carbonyl (C=O) groups excluding carboxylic acids is 2. The number of nitrogens with zero attached hydrogens (tertiary/aromatic N) is 2. The van der Waals surface area contributed by atoms with Crippen LogP contribution in [0.2, 0.25) is 0 Å². The second-order valence-corrected chi connectivity index (χ2v) is 7.95. The maximum absolute atomic E-state index is 12.5. The van der Waals surface area contributed by atoms with Crippen LogP contribution in [0.4, 0.5) is 5.82 Å². The minimum Gasteiger partial charge on any atom is -0.347 e. The van der Waals surface area contributed by atoms with Crippen LogP contribution in [0.5, 0.6) is 0 Å². The Morgan fingerprint density at radius 3 is 2.55 bits per heavy atom. The quantitative estimate of drug-likeness (QED) is 0.638. The second kappa shape index (κ2) is 8.53. The molecule has 0 aliphatic carbocycles. The molecule has 29 heavy (non-hydrogen) atoms. The van der Waals surface area contributed by atoms with Gasteiger partial charge in [-0.05, 0) is 31.0 Å². The molecule has 1 aliphatic heterocycles. The zero-order valence-electron chi connectivity index (χ0n) is 16.1. The molecule has 2 heterocycles. The van der Waals surface area contributed by atoms with Crippen molar-refractivity contribution in [2.45, 2.75) is 24.9 Å². The molecule has 2 aromatic carbocycles. The standard InChI is InChI=1S/C22H22N4O2S/c1-15-7-9-17(10-8-15)26-20(18-13-29-14-19(18)25-26)24-22(28)21(27)23-12-11-16-5-3-2-4-6-16/h2-10H,11-14H2,1H3,(H,23,27)(H,24,28). The van der Waals surface area contributed by atoms with Gasteiger partial charge in [0, 0.05) is 23.6 Å². The number of carbonyl (C=O) groups is 2. The summed E-state index contributed by atoms with van der Waals surface area (Å²) < 4.78 is 1.72. The van der Waals surface area contributed by atoms with Gasteiger partial charge in [0.15, 0.2) is 0 Å². The van der Waals surface area contributed by atoms with Crippen LogP contribution in [0.1, 0.15) is 22.4 Å². The van der Waals surface area contributed by atoms with Crippen molar-refractivity contribution in [3.05, 3.63) is 77.0 Å². The monoisotopic (exact) mass is 406 g/mol. The SMILES string of the molecule is Cc1ccc(-n2nc3c(c2NC(=O)C(=O)NCCc2ccccc2)CSC3)cc1. The highest BCUT2D eigenvalue weighted by Gasteiger charge is 2.26. The summed E-state index contributed by atoms with van der Waals surface area (Å²) in [6, 6.07) is 17.8. The largest absolute Gasteiger partial charge is 0.347 e. The number of aryl methyl sites for hydroxylation is 1. The Bertz CT molecular complexity index is 1030. The van der Waals surface area contributed by atoms with Gasteiger partial charge in [0.2, 0.25) is 0 Å². The smallest absolute Gasteiger partial charge is 0.314 e. The minimum atomic E-state index is -0.675. The van der Waals surface area contributed by atoms with Crippen molar-refractivity contribution in [3.8, 4) is 5.69 Å². The van der Waals surface area contributed by atoms with E-state index in [1.54, 1.807) is 16.4 Å². The number of hydrogen-bond donors (Lipinski definition) is 2. The summed E-state index contributed by atoms with van der Waals surface area (Å²) in [6.45, 7) is 2.42. The molecule has 6 nitrogen and oxygen atoms in total. The summed E-state index contributed by atoms with van der Waals surface area (Å²) in [4.78, 5) is 24.8. The predicted molar refractivity (Wildman–Crippen MR) is 115 cm³/mol. The van der Waals surface area contributed by atoms with Gasteiger partial charge in [-0.1, -0.05) is 48.0 Å². The number of benzene rings is 2. The van der Waals surface area contributed by atoms with Crippen LogP contribution >= 0.6 is 11.8 Å². The Morgan fingerprint density at radius 1 is 1.03 bits per heavy atom. The third kappa shape index (κ3) is 4.35. The van der Waals surface area contributed by atoms with E-state index in [1.807, 2.05) is 61.5 Å². The fourth-order valence-electron chi connectivity index (χ4n) is 3.22. The van der Waals surface area contributed by atoms with E-state index in [1.165, 1.54) is 0 Å². The first kappa shape index (κ1) is 19.3. The van der Waals surface area contributed by atoms with Gasteiger partial charge in [0.1, 0.15) is 5.82 Å². The lowest BCUT2D eigenvalue weighted by Gasteiger charge is -2.11. The third-order valence-electron chi connectivity index (χ3n) is 4.81. The van der Waals surface area contributed by atoms with E-state index in [0.29, 0.717) is 18.8 Å². The molecule has 3 aromatic rings. The van der Waals surface area contributed by atoms with E-state index in [9.17, 15) is 9.59 Å². The first-order chi connectivity index (χ1) is 14.1. The van der Waals surface area contributed by atoms with Crippen LogP contribution in [0.3, 0.4) is 0 Å². The number of nitrogens with one attached hydrogen (secondary N) is 2. The van der Waals surface area contributed by atoms with Gasteiger partial charge in [-0.3, -0.25) is 9.59 Å². The van der Waals surface area contributed by atoms with Crippen molar-refractivity contribution >= 4 is 29.4 Å². The Labute approximate surface area is 173 Å². The van der Waals surface area contributed by atoms with Crippen molar-refractivity contribution in [1.29, 1.82) is 0 Å². The summed E-state index contributed by atoms with van der Waals surface area (Å²) in [6.07, 6.45) is 0.674. The van der Waals surface area contributed by atoms with Crippen molar-refractivity contribution in [1.82, 2.24) is 15.1 Å². The first-order valence-electron chi connectivity index (χ1n) is 9.50. The highest BCUT2D eigenvalue weighted by Crippen LogP contribution is 2.36. The predicted octanol–water partition coefficient (Wildman–Crippen LogP) is 3.22. The number of hydrogen-bond acceptors (Lipinski definition) is 4. The molecule has 7 heteroatoms. The van der Waals surface area contributed by atoms with Crippen LogP contribution in [0.25, 0.3) is 5.69 Å². The molecular weight excluding hydrogens is 384 g/mol. The number of amides is 2. The summed E-state index contributed by atoms with van der Waals surface area (Å²) in [7, 11) is 0. The highest BCUT2D eigenvalue weighted by atomic mass is 32.2. The Kier molecular flexibility index (Phi) is 5.67. The van der Waals surface area contributed by atoms with Gasteiger partial charge >= 0.3 is 11.8 Å². The normalized spacial score (nSPS) is 12.4. The van der Waals surface area contributed by atoms with Crippen LogP contribution in [-0.4, -0.2) is 28.1 Å². The van der Waals surface area contributed by atoms with E-state index in [0.717, 1.165) is 39.6 Å². The van der Waals surface area contributed by atoms with Gasteiger partial charge < -0.3 is 10.6 Å². The van der Waals surface area contributed by atoms with Crippen LogP contribution in [-0.2, 0) is 27.5 Å². The van der Waals surface area contributed by atoms with E-state index >= 15 is 0 Å². The van der Waals surface area contributed by atoms with Gasteiger partial charge in [-0.25, -0.2) is 4.68 Å². The molecule has 0 atom stereocenters. The number of rotatable bonds is 5. The Hall–Kier alpha value is -3.06. The fourth-order valence-corrected chi connectivity index (χ4v) is 4.26. The zero-order valence-corrected chi connectivity index (χ0v) is 17.0. The minimum absolute atomic E-state index is 0.404. The molecule has 1 aromatic heterocycles. The third-order valence-corrected chi connectivity index (χ3v) is 5.78. The molecule has 0 fully saturated rings. The zero-order chi connectivity index (χ0) is 20.2. The van der Waals surface area contributed by atoms with Crippen molar-refractivity contribution in [2.75, 3.05) is 11.9 Å². The topological polar surface area (TPSA) is 76.0 Å². The summed E-state index contributed by atoms with van der Waals surface area (Å²) in [5, 5.41) is 10.1. The number of anilines is 1. The average Bonchev–Trinajstić information content (AvgIpc) is 3.32. The van der Waals surface area contributed by atoms with Crippen molar-refractivity contribution < 1.29 is 9.59 Å². The summed E-state index contributed by atoms with van der Waals surface area (Å²) in [5.41, 5.74) is 5.05. The first-order valence-corrected chi connectivity index (χ1v) is 10.7. The lowest BCUT2D eigenvalue weighted by Crippen LogP contribution is -2.37. The molecule has 148 valence electrons. The number of aromatic nitrogens is 2.